The minimum absolute atomic E-state index is 0.444. The van der Waals surface area contributed by atoms with Crippen LogP contribution in [0.5, 0.6) is 0 Å². The topological polar surface area (TPSA) is 60.8 Å². The summed E-state index contributed by atoms with van der Waals surface area (Å²) in [5.41, 5.74) is 2.12. The first kappa shape index (κ1) is 14.2. The molecule has 1 aromatic carbocycles. The van der Waals surface area contributed by atoms with Gasteiger partial charge in [0.15, 0.2) is 5.96 Å². The molecule has 0 atom stereocenters. The lowest BCUT2D eigenvalue weighted by molar-refractivity contribution is 0.0677. The van der Waals surface area contributed by atoms with Gasteiger partial charge in [-0.2, -0.15) is 0 Å². The number of para-hydroxylation sites is 2. The quantitative estimate of drug-likeness (QED) is 0.633. The molecule has 0 aliphatic carbocycles. The normalized spacial score (nSPS) is 19.4. The Hall–Kier alpha value is -1.79. The lowest BCUT2D eigenvalue weighted by Gasteiger charge is -2.32. The van der Waals surface area contributed by atoms with E-state index in [2.05, 4.69) is 16.3 Å². The van der Waals surface area contributed by atoms with E-state index in [4.69, 9.17) is 14.9 Å². The molecular formula is C15H22N4O2. The SMILES string of the molecule is N=C(Nc1ccccc1N1CCOCC1)N1CCOCC1. The summed E-state index contributed by atoms with van der Waals surface area (Å²) in [5, 5.41) is 11.5. The van der Waals surface area contributed by atoms with E-state index in [-0.39, 0.29) is 0 Å². The fraction of sp³-hybridized carbons (Fsp3) is 0.533. The number of rotatable bonds is 2. The van der Waals surface area contributed by atoms with Crippen molar-refractivity contribution in [3.63, 3.8) is 0 Å². The highest BCUT2D eigenvalue weighted by Crippen LogP contribution is 2.26. The van der Waals surface area contributed by atoms with Gasteiger partial charge in [-0.3, -0.25) is 5.41 Å². The molecule has 6 nitrogen and oxygen atoms in total. The number of nitrogens with zero attached hydrogens (tertiary/aromatic N) is 2. The largest absolute Gasteiger partial charge is 0.378 e. The van der Waals surface area contributed by atoms with E-state index in [1.807, 2.05) is 23.1 Å². The summed E-state index contributed by atoms with van der Waals surface area (Å²) < 4.78 is 10.7. The number of morpholine rings is 2. The third-order valence-electron chi connectivity index (χ3n) is 3.84. The zero-order chi connectivity index (χ0) is 14.5. The van der Waals surface area contributed by atoms with E-state index >= 15 is 0 Å². The lowest BCUT2D eigenvalue weighted by Crippen LogP contribution is -2.44. The minimum atomic E-state index is 0.444. The van der Waals surface area contributed by atoms with Crippen LogP contribution in [-0.4, -0.2) is 63.5 Å². The molecule has 21 heavy (non-hydrogen) atoms. The van der Waals surface area contributed by atoms with Gasteiger partial charge in [-0.1, -0.05) is 12.1 Å². The molecule has 0 radical (unpaired) electrons. The highest BCUT2D eigenvalue weighted by molar-refractivity contribution is 5.94. The van der Waals surface area contributed by atoms with E-state index in [1.54, 1.807) is 0 Å². The lowest BCUT2D eigenvalue weighted by atomic mass is 10.2. The molecule has 0 saturated carbocycles. The molecule has 6 heteroatoms. The Morgan fingerprint density at radius 3 is 2.29 bits per heavy atom. The Labute approximate surface area is 125 Å². The van der Waals surface area contributed by atoms with Crippen LogP contribution in [0.15, 0.2) is 24.3 Å². The number of nitrogens with one attached hydrogen (secondary N) is 2. The molecule has 2 saturated heterocycles. The first-order valence-corrected chi connectivity index (χ1v) is 7.44. The predicted molar refractivity (Wildman–Crippen MR) is 83.2 cm³/mol. The van der Waals surface area contributed by atoms with E-state index < -0.39 is 0 Å². The van der Waals surface area contributed by atoms with Crippen molar-refractivity contribution in [1.29, 1.82) is 5.41 Å². The Morgan fingerprint density at radius 2 is 1.57 bits per heavy atom. The van der Waals surface area contributed by atoms with Crippen LogP contribution in [0.25, 0.3) is 0 Å². The number of hydrogen-bond donors (Lipinski definition) is 2. The van der Waals surface area contributed by atoms with Gasteiger partial charge in [0, 0.05) is 26.2 Å². The van der Waals surface area contributed by atoms with Gasteiger partial charge in [0.1, 0.15) is 0 Å². The minimum Gasteiger partial charge on any atom is -0.378 e. The van der Waals surface area contributed by atoms with Gasteiger partial charge in [0.05, 0.1) is 37.8 Å². The van der Waals surface area contributed by atoms with Gasteiger partial charge in [-0.25, -0.2) is 0 Å². The smallest absolute Gasteiger partial charge is 0.195 e. The first-order valence-electron chi connectivity index (χ1n) is 7.44. The molecule has 2 aliphatic heterocycles. The van der Waals surface area contributed by atoms with Crippen LogP contribution in [0.3, 0.4) is 0 Å². The highest BCUT2D eigenvalue weighted by atomic mass is 16.5. The van der Waals surface area contributed by atoms with Crippen molar-refractivity contribution >= 4 is 17.3 Å². The zero-order valence-electron chi connectivity index (χ0n) is 12.2. The molecule has 0 unspecified atom stereocenters. The fourth-order valence-corrected chi connectivity index (χ4v) is 2.65. The van der Waals surface area contributed by atoms with Crippen LogP contribution in [0.4, 0.5) is 11.4 Å². The molecule has 3 rings (SSSR count). The van der Waals surface area contributed by atoms with Crippen LogP contribution in [0.2, 0.25) is 0 Å². The third-order valence-corrected chi connectivity index (χ3v) is 3.84. The number of ether oxygens (including phenoxy) is 2. The van der Waals surface area contributed by atoms with E-state index in [0.717, 1.165) is 50.8 Å². The van der Waals surface area contributed by atoms with Crippen molar-refractivity contribution in [2.24, 2.45) is 0 Å². The monoisotopic (exact) mass is 290 g/mol. The van der Waals surface area contributed by atoms with Crippen molar-refractivity contribution in [3.05, 3.63) is 24.3 Å². The summed E-state index contributed by atoms with van der Waals surface area (Å²) in [5.74, 6) is 0.444. The summed E-state index contributed by atoms with van der Waals surface area (Å²) in [4.78, 5) is 4.32. The Balaban J connectivity index is 1.70. The molecule has 0 spiro atoms. The second-order valence-corrected chi connectivity index (χ2v) is 5.19. The Bertz CT molecular complexity index is 482. The van der Waals surface area contributed by atoms with Gasteiger partial charge in [0.25, 0.3) is 0 Å². The van der Waals surface area contributed by atoms with Crippen LogP contribution < -0.4 is 10.2 Å². The van der Waals surface area contributed by atoms with Gasteiger partial charge in [-0.05, 0) is 12.1 Å². The van der Waals surface area contributed by atoms with E-state index in [1.165, 1.54) is 0 Å². The molecular weight excluding hydrogens is 268 g/mol. The van der Waals surface area contributed by atoms with Gasteiger partial charge in [-0.15, -0.1) is 0 Å². The molecule has 0 aromatic heterocycles. The highest BCUT2D eigenvalue weighted by Gasteiger charge is 2.18. The second-order valence-electron chi connectivity index (χ2n) is 5.19. The molecule has 2 fully saturated rings. The number of benzene rings is 1. The molecule has 2 heterocycles. The Morgan fingerprint density at radius 1 is 0.952 bits per heavy atom. The van der Waals surface area contributed by atoms with Crippen molar-refractivity contribution in [3.8, 4) is 0 Å². The summed E-state index contributed by atoms with van der Waals surface area (Å²) in [6, 6.07) is 8.16. The molecule has 2 aliphatic rings. The van der Waals surface area contributed by atoms with Crippen LogP contribution in [-0.2, 0) is 9.47 Å². The molecule has 0 bridgehead atoms. The third kappa shape index (κ3) is 3.46. The maximum Gasteiger partial charge on any atom is 0.195 e. The van der Waals surface area contributed by atoms with E-state index in [9.17, 15) is 0 Å². The Kier molecular flexibility index (Phi) is 4.57. The molecule has 2 N–H and O–H groups in total. The summed E-state index contributed by atoms with van der Waals surface area (Å²) in [7, 11) is 0. The summed E-state index contributed by atoms with van der Waals surface area (Å²) >= 11 is 0. The van der Waals surface area contributed by atoms with Gasteiger partial charge < -0.3 is 24.6 Å². The second kappa shape index (κ2) is 6.78. The van der Waals surface area contributed by atoms with Crippen molar-refractivity contribution < 1.29 is 9.47 Å². The molecule has 0 amide bonds. The van der Waals surface area contributed by atoms with Gasteiger partial charge >= 0.3 is 0 Å². The van der Waals surface area contributed by atoms with Crippen LogP contribution in [0.1, 0.15) is 0 Å². The summed E-state index contributed by atoms with van der Waals surface area (Å²) in [6.45, 7) is 6.22. The molecule has 114 valence electrons. The summed E-state index contributed by atoms with van der Waals surface area (Å²) in [6.07, 6.45) is 0. The average molecular weight is 290 g/mol. The van der Waals surface area contributed by atoms with Gasteiger partial charge in [0.2, 0.25) is 0 Å². The average Bonchev–Trinajstić information content (AvgIpc) is 2.57. The number of guanidine groups is 1. The maximum absolute atomic E-state index is 8.25. The van der Waals surface area contributed by atoms with Crippen LogP contribution >= 0.6 is 0 Å². The van der Waals surface area contributed by atoms with Crippen molar-refractivity contribution in [2.45, 2.75) is 0 Å². The zero-order valence-corrected chi connectivity index (χ0v) is 12.2. The fourth-order valence-electron chi connectivity index (χ4n) is 2.65. The van der Waals surface area contributed by atoms with E-state index in [0.29, 0.717) is 19.2 Å². The van der Waals surface area contributed by atoms with Crippen molar-refractivity contribution in [1.82, 2.24) is 4.90 Å². The maximum atomic E-state index is 8.25. The number of anilines is 2. The standard InChI is InChI=1S/C15H22N4O2/c16-15(19-7-11-21-12-8-19)17-13-3-1-2-4-14(13)18-5-9-20-10-6-18/h1-4H,5-12H2,(H2,16,17). The van der Waals surface area contributed by atoms with Crippen molar-refractivity contribution in [2.75, 3.05) is 62.8 Å². The predicted octanol–water partition coefficient (Wildman–Crippen LogP) is 1.20. The van der Waals surface area contributed by atoms with Crippen LogP contribution in [0, 0.1) is 5.41 Å². The number of hydrogen-bond acceptors (Lipinski definition) is 4. The molecule has 1 aromatic rings. The first-order chi connectivity index (χ1) is 10.3.